The molecule has 2 rings (SSSR count). The molecule has 1 saturated heterocycles. The summed E-state index contributed by atoms with van der Waals surface area (Å²) in [5.74, 6) is 0.423. The fourth-order valence-electron chi connectivity index (χ4n) is 3.26. The number of likely N-dealkylation sites (tertiary alicyclic amines) is 1. The van der Waals surface area contributed by atoms with E-state index in [1.807, 2.05) is 13.1 Å². The third kappa shape index (κ3) is 4.45. The summed E-state index contributed by atoms with van der Waals surface area (Å²) < 4.78 is 13.9. The Morgan fingerprint density at radius 1 is 1.54 bits per heavy atom. The smallest absolute Gasteiger partial charge is 0.193 e. The lowest BCUT2D eigenvalue weighted by Gasteiger charge is -2.29. The van der Waals surface area contributed by atoms with Crippen LogP contribution in [0.2, 0.25) is 0 Å². The highest BCUT2D eigenvalue weighted by Gasteiger charge is 2.24. The molecule has 6 heteroatoms. The highest BCUT2D eigenvalue weighted by molar-refractivity contribution is 5.79. The molecule has 5 nitrogen and oxygen atoms in total. The van der Waals surface area contributed by atoms with Gasteiger partial charge in [0.15, 0.2) is 5.96 Å². The van der Waals surface area contributed by atoms with E-state index >= 15 is 0 Å². The Balaban J connectivity index is 1.96. The van der Waals surface area contributed by atoms with Crippen molar-refractivity contribution in [3.05, 3.63) is 35.1 Å². The van der Waals surface area contributed by atoms with Crippen LogP contribution in [0, 0.1) is 17.1 Å². The number of nitrogens with one attached hydrogen (secondary N) is 1. The molecule has 1 heterocycles. The summed E-state index contributed by atoms with van der Waals surface area (Å²) in [4.78, 5) is 8.87. The minimum Gasteiger partial charge on any atom is -0.352 e. The van der Waals surface area contributed by atoms with E-state index in [0.29, 0.717) is 23.7 Å². The summed E-state index contributed by atoms with van der Waals surface area (Å²) in [7, 11) is 3.73. The lowest BCUT2D eigenvalue weighted by molar-refractivity contribution is 0.232. The van der Waals surface area contributed by atoms with Gasteiger partial charge >= 0.3 is 0 Å². The lowest BCUT2D eigenvalue weighted by Crippen LogP contribution is -2.45. The summed E-state index contributed by atoms with van der Waals surface area (Å²) >= 11 is 0. The van der Waals surface area contributed by atoms with Gasteiger partial charge in [0.2, 0.25) is 0 Å². The van der Waals surface area contributed by atoms with Crippen LogP contribution < -0.4 is 5.32 Å². The van der Waals surface area contributed by atoms with Crippen LogP contribution in [0.25, 0.3) is 0 Å². The lowest BCUT2D eigenvalue weighted by atomic mass is 10.1. The molecular formula is C18H26FN5. The van der Waals surface area contributed by atoms with Crippen LogP contribution in [0.5, 0.6) is 0 Å². The fraction of sp³-hybridized carbons (Fsp3) is 0.556. The number of nitrogens with zero attached hydrogens (tertiary/aromatic N) is 4. The van der Waals surface area contributed by atoms with Gasteiger partial charge in [-0.3, -0.25) is 9.89 Å². The molecule has 1 unspecified atom stereocenters. The van der Waals surface area contributed by atoms with E-state index in [1.165, 1.54) is 25.0 Å². The van der Waals surface area contributed by atoms with Gasteiger partial charge in [-0.15, -0.1) is 0 Å². The number of rotatable bonds is 5. The Bertz CT molecular complexity index is 622. The van der Waals surface area contributed by atoms with Gasteiger partial charge in [0.25, 0.3) is 0 Å². The van der Waals surface area contributed by atoms with Crippen molar-refractivity contribution in [3.8, 4) is 6.07 Å². The van der Waals surface area contributed by atoms with Crippen molar-refractivity contribution in [3.63, 3.8) is 0 Å². The second-order valence-electron chi connectivity index (χ2n) is 6.12. The molecule has 24 heavy (non-hydrogen) atoms. The Hall–Kier alpha value is -2.13. The van der Waals surface area contributed by atoms with Gasteiger partial charge < -0.3 is 10.2 Å². The predicted octanol–water partition coefficient (Wildman–Crippen LogP) is 2.19. The first-order valence-corrected chi connectivity index (χ1v) is 8.43. The molecule has 0 amide bonds. The molecule has 1 aromatic carbocycles. The van der Waals surface area contributed by atoms with Crippen molar-refractivity contribution in [1.82, 2.24) is 15.1 Å². The van der Waals surface area contributed by atoms with Crippen molar-refractivity contribution in [2.75, 3.05) is 33.7 Å². The second-order valence-corrected chi connectivity index (χ2v) is 6.12. The second kappa shape index (κ2) is 8.65. The van der Waals surface area contributed by atoms with E-state index in [1.54, 1.807) is 13.1 Å². The van der Waals surface area contributed by atoms with E-state index in [-0.39, 0.29) is 5.82 Å². The molecule has 1 N–H and O–H groups in total. The molecule has 0 aliphatic carbocycles. The third-order valence-corrected chi connectivity index (χ3v) is 4.58. The molecule has 1 fully saturated rings. The Morgan fingerprint density at radius 3 is 3.00 bits per heavy atom. The van der Waals surface area contributed by atoms with E-state index in [4.69, 9.17) is 5.26 Å². The predicted molar refractivity (Wildman–Crippen MR) is 94.2 cm³/mol. The van der Waals surface area contributed by atoms with Gasteiger partial charge in [0.1, 0.15) is 5.82 Å². The van der Waals surface area contributed by atoms with Crippen LogP contribution in [-0.2, 0) is 6.54 Å². The van der Waals surface area contributed by atoms with Crippen molar-refractivity contribution < 1.29 is 4.39 Å². The van der Waals surface area contributed by atoms with Gasteiger partial charge in [0, 0.05) is 38.8 Å². The normalized spacial score (nSPS) is 18.5. The Morgan fingerprint density at radius 2 is 2.33 bits per heavy atom. The van der Waals surface area contributed by atoms with Crippen molar-refractivity contribution in [2.45, 2.75) is 32.4 Å². The fourth-order valence-corrected chi connectivity index (χ4v) is 3.26. The molecule has 1 atom stereocenters. The molecule has 1 aromatic rings. The van der Waals surface area contributed by atoms with Crippen LogP contribution in [-0.4, -0.2) is 55.5 Å². The zero-order chi connectivity index (χ0) is 17.5. The van der Waals surface area contributed by atoms with E-state index in [9.17, 15) is 4.39 Å². The van der Waals surface area contributed by atoms with E-state index < -0.39 is 0 Å². The topological polar surface area (TPSA) is 54.7 Å². The molecule has 0 aromatic heterocycles. The van der Waals surface area contributed by atoms with Crippen LogP contribution in [0.3, 0.4) is 0 Å². The summed E-state index contributed by atoms with van der Waals surface area (Å²) in [5.41, 5.74) is 0.931. The van der Waals surface area contributed by atoms with Crippen LogP contribution in [0.15, 0.2) is 23.2 Å². The number of hydrogen-bond acceptors (Lipinski definition) is 3. The number of guanidine groups is 1. The molecular weight excluding hydrogens is 305 g/mol. The average molecular weight is 331 g/mol. The maximum atomic E-state index is 13.9. The number of benzene rings is 1. The molecule has 1 aliphatic rings. The maximum Gasteiger partial charge on any atom is 0.193 e. The number of hydrogen-bond donors (Lipinski definition) is 1. The standard InChI is InChI=1S/C18H26FN5/c1-4-24-9-5-6-16(24)13-23(3)18(21-2)22-12-15-10-14(11-20)7-8-17(15)19/h7-8,10,16H,4-6,9,12-13H2,1-3H3,(H,21,22). The third-order valence-electron chi connectivity index (χ3n) is 4.58. The van der Waals surface area contributed by atoms with Gasteiger partial charge in [-0.1, -0.05) is 6.92 Å². The minimum atomic E-state index is -0.312. The van der Waals surface area contributed by atoms with Crippen LogP contribution in [0.4, 0.5) is 4.39 Å². The zero-order valence-electron chi connectivity index (χ0n) is 14.7. The summed E-state index contributed by atoms with van der Waals surface area (Å²) in [6.45, 7) is 5.62. The van der Waals surface area contributed by atoms with Gasteiger partial charge in [-0.25, -0.2) is 4.39 Å². The molecule has 0 saturated carbocycles. The van der Waals surface area contributed by atoms with Gasteiger partial charge in [-0.2, -0.15) is 5.26 Å². The SMILES string of the molecule is CCN1CCCC1CN(C)C(=NC)NCc1cc(C#N)ccc1F. The number of aliphatic imine (C=N–C) groups is 1. The van der Waals surface area contributed by atoms with E-state index in [0.717, 1.165) is 25.6 Å². The number of nitriles is 1. The Kier molecular flexibility index (Phi) is 6.56. The largest absolute Gasteiger partial charge is 0.352 e. The monoisotopic (exact) mass is 331 g/mol. The highest BCUT2D eigenvalue weighted by Crippen LogP contribution is 2.17. The first kappa shape index (κ1) is 18.2. The zero-order valence-corrected chi connectivity index (χ0v) is 14.7. The van der Waals surface area contributed by atoms with Crippen LogP contribution in [0.1, 0.15) is 30.9 Å². The van der Waals surface area contributed by atoms with Crippen molar-refractivity contribution >= 4 is 5.96 Å². The summed E-state index contributed by atoms with van der Waals surface area (Å²) in [5, 5.41) is 12.1. The Labute approximate surface area is 143 Å². The molecule has 0 radical (unpaired) electrons. The molecule has 1 aliphatic heterocycles. The number of likely N-dealkylation sites (N-methyl/N-ethyl adjacent to an activating group) is 2. The van der Waals surface area contributed by atoms with E-state index in [2.05, 4.69) is 27.0 Å². The quantitative estimate of drug-likeness (QED) is 0.664. The highest BCUT2D eigenvalue weighted by atomic mass is 19.1. The summed E-state index contributed by atoms with van der Waals surface area (Å²) in [6, 6.07) is 6.97. The first-order valence-electron chi connectivity index (χ1n) is 8.43. The van der Waals surface area contributed by atoms with Gasteiger partial charge in [0.05, 0.1) is 11.6 Å². The maximum absolute atomic E-state index is 13.9. The minimum absolute atomic E-state index is 0.306. The van der Waals surface area contributed by atoms with Gasteiger partial charge in [-0.05, 0) is 44.1 Å². The first-order chi connectivity index (χ1) is 11.6. The van der Waals surface area contributed by atoms with Crippen molar-refractivity contribution in [2.24, 2.45) is 4.99 Å². The molecule has 130 valence electrons. The molecule has 0 spiro atoms. The summed E-state index contributed by atoms with van der Waals surface area (Å²) in [6.07, 6.45) is 2.44. The van der Waals surface area contributed by atoms with Crippen LogP contribution >= 0.6 is 0 Å². The average Bonchev–Trinajstić information content (AvgIpc) is 3.04. The number of halogens is 1. The molecule has 0 bridgehead atoms. The van der Waals surface area contributed by atoms with Crippen molar-refractivity contribution in [1.29, 1.82) is 5.26 Å².